The highest BCUT2D eigenvalue weighted by Crippen LogP contribution is 2.34. The van der Waals surface area contributed by atoms with Gasteiger partial charge in [0.1, 0.15) is 11.4 Å². The second-order valence-electron chi connectivity index (χ2n) is 3.04. The van der Waals surface area contributed by atoms with Crippen molar-refractivity contribution < 1.29 is 36.5 Å². The molecule has 0 bridgehead atoms. The normalized spacial score (nSPS) is 11.8. The van der Waals surface area contributed by atoms with Gasteiger partial charge in [0, 0.05) is 6.07 Å². The first-order chi connectivity index (χ1) is 8.28. The van der Waals surface area contributed by atoms with E-state index >= 15 is 0 Å². The molecule has 0 radical (unpaired) electrons. The maximum Gasteiger partial charge on any atom is 0.573 e. The molecular weight excluding hydrogens is 265 g/mol. The second-order valence-corrected chi connectivity index (χ2v) is 3.04. The van der Waals surface area contributed by atoms with Gasteiger partial charge < -0.3 is 14.6 Å². The zero-order valence-corrected chi connectivity index (χ0v) is 8.96. The fourth-order valence-corrected chi connectivity index (χ4v) is 1.19. The number of aromatic nitrogens is 1. The van der Waals surface area contributed by atoms with E-state index < -0.39 is 42.3 Å². The Balaban J connectivity index is 3.31. The van der Waals surface area contributed by atoms with Crippen LogP contribution in [-0.4, -0.2) is 23.6 Å². The monoisotopic (exact) mass is 273 g/mol. The number of hydrogen-bond acceptors (Lipinski definition) is 4. The van der Waals surface area contributed by atoms with Crippen LogP contribution >= 0.6 is 0 Å². The van der Waals surface area contributed by atoms with Crippen molar-refractivity contribution in [2.45, 2.75) is 19.4 Å². The molecule has 0 aliphatic rings. The van der Waals surface area contributed by atoms with Gasteiger partial charge in [-0.1, -0.05) is 0 Å². The zero-order chi connectivity index (χ0) is 13.9. The van der Waals surface area contributed by atoms with Crippen molar-refractivity contribution in [3.8, 4) is 11.6 Å². The van der Waals surface area contributed by atoms with Gasteiger partial charge in [-0.05, 0) is 0 Å². The molecule has 0 aliphatic carbocycles. The summed E-state index contributed by atoms with van der Waals surface area (Å²) < 4.78 is 69.1. The zero-order valence-electron chi connectivity index (χ0n) is 8.96. The molecule has 1 aromatic heterocycles. The molecule has 0 aliphatic heterocycles. The molecule has 1 rings (SSSR count). The van der Waals surface area contributed by atoms with E-state index in [9.17, 15) is 22.0 Å². The Kier molecular flexibility index (Phi) is 4.28. The molecule has 0 saturated carbocycles. The fourth-order valence-electron chi connectivity index (χ4n) is 1.19. The first-order valence-electron chi connectivity index (χ1n) is 4.51. The molecule has 0 aromatic carbocycles. The minimum absolute atomic E-state index is 0.409. The van der Waals surface area contributed by atoms with Crippen LogP contribution in [0.4, 0.5) is 22.0 Å². The predicted octanol–water partition coefficient (Wildman–Crippen LogP) is 2.42. The fraction of sp³-hybridized carbons (Fsp3) is 0.444. The quantitative estimate of drug-likeness (QED) is 0.856. The molecule has 0 spiro atoms. The minimum atomic E-state index is -5.07. The molecule has 0 unspecified atom stereocenters. The molecule has 1 aromatic rings. The first-order valence-corrected chi connectivity index (χ1v) is 4.51. The van der Waals surface area contributed by atoms with Crippen LogP contribution in [0, 0.1) is 0 Å². The van der Waals surface area contributed by atoms with E-state index in [2.05, 4.69) is 14.5 Å². The molecule has 1 heterocycles. The van der Waals surface area contributed by atoms with Crippen LogP contribution in [0.5, 0.6) is 11.6 Å². The van der Waals surface area contributed by atoms with Gasteiger partial charge in [0.05, 0.1) is 19.3 Å². The average Bonchev–Trinajstić information content (AvgIpc) is 2.25. The van der Waals surface area contributed by atoms with Gasteiger partial charge in [-0.2, -0.15) is 0 Å². The van der Waals surface area contributed by atoms with E-state index in [-0.39, 0.29) is 0 Å². The summed E-state index contributed by atoms with van der Waals surface area (Å²) in [5, 5.41) is 8.90. The van der Waals surface area contributed by atoms with Crippen molar-refractivity contribution >= 4 is 0 Å². The van der Waals surface area contributed by atoms with Gasteiger partial charge in [0.15, 0.2) is 0 Å². The van der Waals surface area contributed by atoms with E-state index in [1.807, 2.05) is 0 Å². The Labute approximate surface area is 98.0 Å². The second kappa shape index (κ2) is 5.34. The van der Waals surface area contributed by atoms with Crippen LogP contribution in [0.2, 0.25) is 0 Å². The number of nitrogens with zero attached hydrogens (tertiary/aromatic N) is 1. The topological polar surface area (TPSA) is 51.6 Å². The van der Waals surface area contributed by atoms with E-state index in [1.165, 1.54) is 0 Å². The van der Waals surface area contributed by atoms with Crippen LogP contribution in [0.25, 0.3) is 0 Å². The van der Waals surface area contributed by atoms with Crippen LogP contribution in [0.15, 0.2) is 6.07 Å². The third kappa shape index (κ3) is 3.42. The lowest BCUT2D eigenvalue weighted by molar-refractivity contribution is -0.275. The summed E-state index contributed by atoms with van der Waals surface area (Å²) in [6.45, 7) is -0.898. The van der Waals surface area contributed by atoms with Crippen LogP contribution in [0.1, 0.15) is 17.7 Å². The number of alkyl halides is 5. The van der Waals surface area contributed by atoms with E-state index in [0.29, 0.717) is 6.07 Å². The standard InChI is InChI=1S/C9H8F5NO3/c1-17-8-4(3-16)6(18-9(12,13)14)2-5(15-8)7(10)11/h2,7,16H,3H2,1H3. The highest BCUT2D eigenvalue weighted by Gasteiger charge is 2.33. The maximum absolute atomic E-state index is 12.4. The molecule has 0 saturated heterocycles. The third-order valence-electron chi connectivity index (χ3n) is 1.87. The van der Waals surface area contributed by atoms with Gasteiger partial charge in [-0.25, -0.2) is 13.8 Å². The Hall–Kier alpha value is -1.64. The molecular formula is C9H8F5NO3. The Morgan fingerprint density at radius 1 is 1.39 bits per heavy atom. The van der Waals surface area contributed by atoms with Crippen molar-refractivity contribution in [1.82, 2.24) is 4.98 Å². The van der Waals surface area contributed by atoms with Crippen molar-refractivity contribution in [3.63, 3.8) is 0 Å². The summed E-state index contributed by atoms with van der Waals surface area (Å²) in [4.78, 5) is 3.27. The lowest BCUT2D eigenvalue weighted by atomic mass is 10.2. The predicted molar refractivity (Wildman–Crippen MR) is 48.4 cm³/mol. The summed E-state index contributed by atoms with van der Waals surface area (Å²) in [7, 11) is 1.02. The number of ether oxygens (including phenoxy) is 2. The van der Waals surface area contributed by atoms with E-state index in [1.54, 1.807) is 0 Å². The highest BCUT2D eigenvalue weighted by molar-refractivity contribution is 5.42. The summed E-state index contributed by atoms with van der Waals surface area (Å²) in [6, 6.07) is 0.409. The number of hydrogen-bond donors (Lipinski definition) is 1. The lowest BCUT2D eigenvalue weighted by Crippen LogP contribution is -2.19. The number of methoxy groups -OCH3 is 1. The van der Waals surface area contributed by atoms with Crippen molar-refractivity contribution in [2.75, 3.05) is 7.11 Å². The Morgan fingerprint density at radius 3 is 2.39 bits per heavy atom. The smallest absolute Gasteiger partial charge is 0.481 e. The molecule has 18 heavy (non-hydrogen) atoms. The molecule has 9 heteroatoms. The van der Waals surface area contributed by atoms with Crippen molar-refractivity contribution in [3.05, 3.63) is 17.3 Å². The first kappa shape index (κ1) is 14.4. The summed E-state index contributed by atoms with van der Waals surface area (Å²) in [5.74, 6) is -1.51. The maximum atomic E-state index is 12.4. The molecule has 102 valence electrons. The molecule has 0 fully saturated rings. The number of aliphatic hydroxyl groups is 1. The van der Waals surface area contributed by atoms with E-state index in [0.717, 1.165) is 7.11 Å². The summed E-state index contributed by atoms with van der Waals surface area (Å²) in [5.41, 5.74) is -1.40. The van der Waals surface area contributed by atoms with Crippen LogP contribution in [-0.2, 0) is 6.61 Å². The number of halogens is 5. The van der Waals surface area contributed by atoms with Crippen LogP contribution < -0.4 is 9.47 Å². The molecule has 4 nitrogen and oxygen atoms in total. The molecule has 1 N–H and O–H groups in total. The molecule has 0 amide bonds. The lowest BCUT2D eigenvalue weighted by Gasteiger charge is -2.15. The van der Waals surface area contributed by atoms with Crippen molar-refractivity contribution in [1.29, 1.82) is 0 Å². The van der Waals surface area contributed by atoms with Crippen molar-refractivity contribution in [2.24, 2.45) is 0 Å². The number of aliphatic hydroxyl groups excluding tert-OH is 1. The minimum Gasteiger partial charge on any atom is -0.481 e. The summed E-state index contributed by atoms with van der Waals surface area (Å²) in [6.07, 6.45) is -8.17. The largest absolute Gasteiger partial charge is 0.573 e. The van der Waals surface area contributed by atoms with E-state index in [4.69, 9.17) is 5.11 Å². The number of rotatable bonds is 4. The van der Waals surface area contributed by atoms with Crippen LogP contribution in [0.3, 0.4) is 0 Å². The van der Waals surface area contributed by atoms with Gasteiger partial charge >= 0.3 is 6.36 Å². The SMILES string of the molecule is COc1nc(C(F)F)cc(OC(F)(F)F)c1CO. The highest BCUT2D eigenvalue weighted by atomic mass is 19.4. The summed E-state index contributed by atoms with van der Waals surface area (Å²) >= 11 is 0. The van der Waals surface area contributed by atoms with Gasteiger partial charge in [-0.3, -0.25) is 0 Å². The Bertz CT molecular complexity index is 421. The van der Waals surface area contributed by atoms with Gasteiger partial charge in [-0.15, -0.1) is 13.2 Å². The number of pyridine rings is 1. The molecule has 0 atom stereocenters. The van der Waals surface area contributed by atoms with Gasteiger partial charge in [0.2, 0.25) is 5.88 Å². The van der Waals surface area contributed by atoms with Gasteiger partial charge in [0.25, 0.3) is 6.43 Å². The third-order valence-corrected chi connectivity index (χ3v) is 1.87. The Morgan fingerprint density at radius 2 is 2.00 bits per heavy atom. The average molecular weight is 273 g/mol.